The van der Waals surface area contributed by atoms with Crippen LogP contribution in [0.2, 0.25) is 0 Å². The Labute approximate surface area is 96.0 Å². The summed E-state index contributed by atoms with van der Waals surface area (Å²) in [4.78, 5) is 4.28. The molecule has 0 amide bonds. The molecule has 0 bridgehead atoms. The Balaban J connectivity index is 1.84. The topological polar surface area (TPSA) is 62.4 Å². The minimum absolute atomic E-state index is 0.707. The van der Waals surface area contributed by atoms with Gasteiger partial charge in [0, 0.05) is 13.1 Å². The molecule has 4 N–H and O–H groups in total. The maximum atomic E-state index is 5.50. The van der Waals surface area contributed by atoms with Gasteiger partial charge >= 0.3 is 0 Å². The molecule has 1 aromatic rings. The van der Waals surface area contributed by atoms with E-state index < -0.39 is 0 Å². The van der Waals surface area contributed by atoms with Gasteiger partial charge in [-0.1, -0.05) is 24.3 Å². The van der Waals surface area contributed by atoms with Crippen LogP contribution in [0, 0.1) is 0 Å². The number of nitrogens with one attached hydrogen (secondary N) is 2. The Bertz CT molecular complexity index is 356. The number of nitrogens with zero attached hydrogens (tertiary/aromatic N) is 1. The largest absolute Gasteiger partial charge is 0.355 e. The van der Waals surface area contributed by atoms with E-state index in [1.165, 1.54) is 11.1 Å². The lowest BCUT2D eigenvalue weighted by molar-refractivity contribution is 0.865. The molecule has 0 fully saturated rings. The fourth-order valence-corrected chi connectivity index (χ4v) is 1.69. The molecule has 1 aliphatic heterocycles. The monoisotopic (exact) mass is 218 g/mol. The molecule has 0 aliphatic carbocycles. The van der Waals surface area contributed by atoms with E-state index >= 15 is 0 Å². The Morgan fingerprint density at radius 2 is 2.00 bits per heavy atom. The summed E-state index contributed by atoms with van der Waals surface area (Å²) in [6.07, 6.45) is 0.946. The fourth-order valence-electron chi connectivity index (χ4n) is 1.69. The average molecular weight is 218 g/mol. The zero-order valence-corrected chi connectivity index (χ0v) is 9.37. The number of rotatable bonds is 4. The van der Waals surface area contributed by atoms with Crippen LogP contribution in [0.5, 0.6) is 0 Å². The van der Waals surface area contributed by atoms with Crippen molar-refractivity contribution in [3.8, 4) is 0 Å². The Hall–Kier alpha value is -1.55. The molecule has 0 aromatic heterocycles. The molecule has 16 heavy (non-hydrogen) atoms. The van der Waals surface area contributed by atoms with Crippen LogP contribution in [0.4, 0.5) is 0 Å². The lowest BCUT2D eigenvalue weighted by atomic mass is 10.1. The molecule has 0 saturated heterocycles. The van der Waals surface area contributed by atoms with E-state index in [0.29, 0.717) is 6.54 Å². The van der Waals surface area contributed by atoms with Crippen molar-refractivity contribution in [2.45, 2.75) is 13.0 Å². The summed E-state index contributed by atoms with van der Waals surface area (Å²) in [5.41, 5.74) is 8.06. The molecule has 2 rings (SSSR count). The van der Waals surface area contributed by atoms with E-state index in [0.717, 1.165) is 32.0 Å². The average Bonchev–Trinajstić information content (AvgIpc) is 2.82. The highest BCUT2D eigenvalue weighted by Gasteiger charge is 2.03. The van der Waals surface area contributed by atoms with E-state index in [1.54, 1.807) is 0 Å². The number of nitrogens with two attached hydrogens (primary N) is 1. The second-order valence-electron chi connectivity index (χ2n) is 3.87. The number of aliphatic imine (C=N–C) groups is 1. The Morgan fingerprint density at radius 3 is 2.62 bits per heavy atom. The molecule has 4 nitrogen and oxygen atoms in total. The van der Waals surface area contributed by atoms with Crippen molar-refractivity contribution in [2.24, 2.45) is 10.7 Å². The summed E-state index contributed by atoms with van der Waals surface area (Å²) in [6, 6.07) is 8.53. The first-order chi connectivity index (χ1) is 7.88. The summed E-state index contributed by atoms with van der Waals surface area (Å²) in [5.74, 6) is 0.908. The SMILES string of the molecule is NCCc1ccc(CNC2=NCCN2)cc1. The van der Waals surface area contributed by atoms with Gasteiger partial charge in [0.15, 0.2) is 5.96 Å². The first-order valence-electron chi connectivity index (χ1n) is 5.68. The molecular formula is C12H18N4. The van der Waals surface area contributed by atoms with Crippen molar-refractivity contribution < 1.29 is 0 Å². The van der Waals surface area contributed by atoms with E-state index in [2.05, 4.69) is 39.9 Å². The van der Waals surface area contributed by atoms with E-state index in [1.807, 2.05) is 0 Å². The molecule has 0 radical (unpaired) electrons. The molecular weight excluding hydrogens is 200 g/mol. The van der Waals surface area contributed by atoms with Crippen LogP contribution in [0.25, 0.3) is 0 Å². The molecule has 1 heterocycles. The lowest BCUT2D eigenvalue weighted by Gasteiger charge is -2.07. The Kier molecular flexibility index (Phi) is 3.77. The van der Waals surface area contributed by atoms with E-state index in [4.69, 9.17) is 5.73 Å². The molecule has 0 spiro atoms. The third kappa shape index (κ3) is 2.97. The van der Waals surface area contributed by atoms with Crippen LogP contribution in [0.15, 0.2) is 29.3 Å². The standard InChI is InChI=1S/C12H18N4/c13-6-5-10-1-3-11(4-2-10)9-16-12-14-7-8-15-12/h1-4H,5-9,13H2,(H2,14,15,16). The third-order valence-electron chi connectivity index (χ3n) is 2.59. The quantitative estimate of drug-likeness (QED) is 0.678. The van der Waals surface area contributed by atoms with Crippen molar-refractivity contribution >= 4 is 5.96 Å². The van der Waals surface area contributed by atoms with Crippen molar-refractivity contribution in [3.63, 3.8) is 0 Å². The summed E-state index contributed by atoms with van der Waals surface area (Å²) >= 11 is 0. The first kappa shape index (κ1) is 11.0. The minimum Gasteiger partial charge on any atom is -0.355 e. The number of hydrogen-bond donors (Lipinski definition) is 3. The molecule has 0 unspecified atom stereocenters. The van der Waals surface area contributed by atoms with Crippen molar-refractivity contribution in [2.75, 3.05) is 19.6 Å². The second-order valence-corrected chi connectivity index (χ2v) is 3.87. The highest BCUT2D eigenvalue weighted by atomic mass is 15.2. The van der Waals surface area contributed by atoms with Gasteiger partial charge in [-0.15, -0.1) is 0 Å². The Morgan fingerprint density at radius 1 is 1.25 bits per heavy atom. The number of guanidine groups is 1. The predicted octanol–water partition coefficient (Wildman–Crippen LogP) is 0.237. The van der Waals surface area contributed by atoms with Gasteiger partial charge in [-0.2, -0.15) is 0 Å². The van der Waals surface area contributed by atoms with Crippen LogP contribution >= 0.6 is 0 Å². The maximum Gasteiger partial charge on any atom is 0.191 e. The van der Waals surface area contributed by atoms with Crippen molar-refractivity contribution in [1.29, 1.82) is 0 Å². The smallest absolute Gasteiger partial charge is 0.191 e. The highest BCUT2D eigenvalue weighted by Crippen LogP contribution is 2.04. The molecule has 4 heteroatoms. The number of hydrogen-bond acceptors (Lipinski definition) is 4. The van der Waals surface area contributed by atoms with Gasteiger partial charge in [-0.3, -0.25) is 4.99 Å². The van der Waals surface area contributed by atoms with Gasteiger partial charge in [0.25, 0.3) is 0 Å². The fraction of sp³-hybridized carbons (Fsp3) is 0.417. The van der Waals surface area contributed by atoms with Crippen LogP contribution in [0.3, 0.4) is 0 Å². The van der Waals surface area contributed by atoms with E-state index in [-0.39, 0.29) is 0 Å². The van der Waals surface area contributed by atoms with Gasteiger partial charge in [0.1, 0.15) is 0 Å². The molecule has 0 atom stereocenters. The van der Waals surface area contributed by atoms with Gasteiger partial charge in [0.05, 0.1) is 6.54 Å². The second kappa shape index (κ2) is 5.51. The first-order valence-corrected chi connectivity index (χ1v) is 5.68. The summed E-state index contributed by atoms with van der Waals surface area (Å²) in [5, 5.41) is 6.44. The predicted molar refractivity (Wildman–Crippen MR) is 66.3 cm³/mol. The van der Waals surface area contributed by atoms with Gasteiger partial charge in [-0.25, -0.2) is 0 Å². The van der Waals surface area contributed by atoms with Gasteiger partial charge in [0.2, 0.25) is 0 Å². The maximum absolute atomic E-state index is 5.50. The zero-order chi connectivity index (χ0) is 11.2. The van der Waals surface area contributed by atoms with Crippen LogP contribution in [-0.2, 0) is 13.0 Å². The van der Waals surface area contributed by atoms with Gasteiger partial charge in [-0.05, 0) is 24.1 Å². The molecule has 1 aromatic carbocycles. The summed E-state index contributed by atoms with van der Waals surface area (Å²) in [7, 11) is 0. The molecule has 0 saturated carbocycles. The normalized spacial score (nSPS) is 14.4. The summed E-state index contributed by atoms with van der Waals surface area (Å²) in [6.45, 7) is 3.34. The van der Waals surface area contributed by atoms with Crippen LogP contribution < -0.4 is 16.4 Å². The van der Waals surface area contributed by atoms with Crippen molar-refractivity contribution in [1.82, 2.24) is 10.6 Å². The summed E-state index contributed by atoms with van der Waals surface area (Å²) < 4.78 is 0. The van der Waals surface area contributed by atoms with Gasteiger partial charge < -0.3 is 16.4 Å². The lowest BCUT2D eigenvalue weighted by Crippen LogP contribution is -2.33. The minimum atomic E-state index is 0.707. The van der Waals surface area contributed by atoms with Crippen LogP contribution in [-0.4, -0.2) is 25.6 Å². The molecule has 1 aliphatic rings. The van der Waals surface area contributed by atoms with E-state index in [9.17, 15) is 0 Å². The zero-order valence-electron chi connectivity index (χ0n) is 9.37. The van der Waals surface area contributed by atoms with Crippen LogP contribution in [0.1, 0.15) is 11.1 Å². The number of benzene rings is 1. The highest BCUT2D eigenvalue weighted by molar-refractivity contribution is 5.81. The third-order valence-corrected chi connectivity index (χ3v) is 2.59. The molecule has 86 valence electrons. The van der Waals surface area contributed by atoms with Crippen molar-refractivity contribution in [3.05, 3.63) is 35.4 Å².